The molecule has 1 aromatic carbocycles. The molecule has 0 amide bonds. The van der Waals surface area contributed by atoms with Gasteiger partial charge in [0.1, 0.15) is 11.5 Å². The molecule has 1 saturated carbocycles. The molecular weight excluding hydrogens is 280 g/mol. The quantitative estimate of drug-likeness (QED) is 0.781. The summed E-state index contributed by atoms with van der Waals surface area (Å²) >= 11 is 3.80. The summed E-state index contributed by atoms with van der Waals surface area (Å²) in [6.45, 7) is 0. The number of benzene rings is 1. The maximum absolute atomic E-state index is 5.47. The summed E-state index contributed by atoms with van der Waals surface area (Å²) in [6, 6.07) is 6.07. The van der Waals surface area contributed by atoms with E-state index in [2.05, 4.69) is 22.0 Å². The van der Waals surface area contributed by atoms with Crippen molar-refractivity contribution in [2.75, 3.05) is 14.2 Å². The van der Waals surface area contributed by atoms with Gasteiger partial charge in [0.25, 0.3) is 0 Å². The van der Waals surface area contributed by atoms with Crippen molar-refractivity contribution in [3.05, 3.63) is 23.8 Å². The van der Waals surface area contributed by atoms with Gasteiger partial charge in [-0.25, -0.2) is 0 Å². The second kappa shape index (κ2) is 5.76. The van der Waals surface area contributed by atoms with E-state index < -0.39 is 0 Å². The molecule has 2 atom stereocenters. The van der Waals surface area contributed by atoms with Gasteiger partial charge in [-0.15, -0.1) is 0 Å². The Balaban J connectivity index is 2.33. The predicted octanol–water partition coefficient (Wildman–Crippen LogP) is 4.12. The number of hydrogen-bond donors (Lipinski definition) is 0. The van der Waals surface area contributed by atoms with Crippen LogP contribution >= 0.6 is 15.9 Å². The van der Waals surface area contributed by atoms with Crippen LogP contribution in [0.15, 0.2) is 18.2 Å². The molecule has 2 nitrogen and oxygen atoms in total. The van der Waals surface area contributed by atoms with Crippen molar-refractivity contribution < 1.29 is 9.47 Å². The van der Waals surface area contributed by atoms with Gasteiger partial charge in [-0.1, -0.05) is 28.8 Å². The highest BCUT2D eigenvalue weighted by molar-refractivity contribution is 9.09. The fourth-order valence-corrected chi connectivity index (χ4v) is 3.44. The zero-order valence-corrected chi connectivity index (χ0v) is 12.0. The van der Waals surface area contributed by atoms with E-state index in [1.807, 2.05) is 12.1 Å². The summed E-state index contributed by atoms with van der Waals surface area (Å²) in [4.78, 5) is 0.553. The topological polar surface area (TPSA) is 18.5 Å². The standard InChI is InChI=1S/C14H19BrO2/c1-16-10-7-8-14(17-2)12(9-10)11-5-3-4-6-13(11)15/h7-9,11,13H,3-6H2,1-2H3. The van der Waals surface area contributed by atoms with Crippen molar-refractivity contribution in [1.82, 2.24) is 0 Å². The molecule has 1 fully saturated rings. The Labute approximate surface area is 111 Å². The van der Waals surface area contributed by atoms with Crippen molar-refractivity contribution in [3.63, 3.8) is 0 Å². The summed E-state index contributed by atoms with van der Waals surface area (Å²) in [6.07, 6.45) is 5.08. The number of hydrogen-bond acceptors (Lipinski definition) is 2. The predicted molar refractivity (Wildman–Crippen MR) is 73.5 cm³/mol. The smallest absolute Gasteiger partial charge is 0.122 e. The first-order valence-electron chi connectivity index (χ1n) is 6.12. The van der Waals surface area contributed by atoms with E-state index in [9.17, 15) is 0 Å². The van der Waals surface area contributed by atoms with Crippen molar-refractivity contribution in [1.29, 1.82) is 0 Å². The third-order valence-electron chi connectivity index (χ3n) is 3.52. The number of methoxy groups -OCH3 is 2. The van der Waals surface area contributed by atoms with Gasteiger partial charge < -0.3 is 9.47 Å². The van der Waals surface area contributed by atoms with Crippen LogP contribution in [0.25, 0.3) is 0 Å². The van der Waals surface area contributed by atoms with Gasteiger partial charge in [0.05, 0.1) is 14.2 Å². The van der Waals surface area contributed by atoms with E-state index in [1.54, 1.807) is 14.2 Å². The molecular formula is C14H19BrO2. The van der Waals surface area contributed by atoms with Crippen molar-refractivity contribution in [3.8, 4) is 11.5 Å². The summed E-state index contributed by atoms with van der Waals surface area (Å²) in [5, 5.41) is 0. The molecule has 0 spiro atoms. The van der Waals surface area contributed by atoms with Crippen LogP contribution in [0, 0.1) is 0 Å². The Morgan fingerprint density at radius 1 is 1.12 bits per heavy atom. The SMILES string of the molecule is COc1ccc(OC)c(C2CCCCC2Br)c1. The van der Waals surface area contributed by atoms with Crippen LogP contribution in [0.2, 0.25) is 0 Å². The minimum absolute atomic E-state index is 0.536. The minimum Gasteiger partial charge on any atom is -0.497 e. The van der Waals surface area contributed by atoms with Crippen LogP contribution in [0.4, 0.5) is 0 Å². The van der Waals surface area contributed by atoms with Crippen LogP contribution in [0.3, 0.4) is 0 Å². The Hall–Kier alpha value is -0.700. The number of ether oxygens (including phenoxy) is 2. The third-order valence-corrected chi connectivity index (χ3v) is 4.61. The van der Waals surface area contributed by atoms with E-state index in [-0.39, 0.29) is 0 Å². The molecule has 1 aromatic rings. The van der Waals surface area contributed by atoms with Gasteiger partial charge in [0.2, 0.25) is 0 Å². The van der Waals surface area contributed by atoms with Crippen molar-refractivity contribution >= 4 is 15.9 Å². The third kappa shape index (κ3) is 2.76. The molecule has 17 heavy (non-hydrogen) atoms. The van der Waals surface area contributed by atoms with Crippen LogP contribution in [0.5, 0.6) is 11.5 Å². The Morgan fingerprint density at radius 3 is 2.53 bits per heavy atom. The molecule has 0 saturated heterocycles. The van der Waals surface area contributed by atoms with Crippen LogP contribution < -0.4 is 9.47 Å². The minimum atomic E-state index is 0.536. The fourth-order valence-electron chi connectivity index (χ4n) is 2.57. The largest absolute Gasteiger partial charge is 0.497 e. The van der Waals surface area contributed by atoms with E-state index in [0.29, 0.717) is 10.7 Å². The average Bonchev–Trinajstić information content (AvgIpc) is 2.38. The first kappa shape index (κ1) is 12.7. The molecule has 1 aliphatic rings. The Kier molecular flexibility index (Phi) is 4.32. The van der Waals surface area contributed by atoms with E-state index in [0.717, 1.165) is 11.5 Å². The molecule has 0 aliphatic heterocycles. The molecule has 0 N–H and O–H groups in total. The molecule has 1 aliphatic carbocycles. The van der Waals surface area contributed by atoms with E-state index >= 15 is 0 Å². The van der Waals surface area contributed by atoms with Gasteiger partial charge in [-0.05, 0) is 31.0 Å². The molecule has 0 bridgehead atoms. The highest BCUT2D eigenvalue weighted by Crippen LogP contribution is 2.42. The number of rotatable bonds is 3. The second-order valence-electron chi connectivity index (χ2n) is 4.51. The molecule has 0 heterocycles. The van der Waals surface area contributed by atoms with Crippen LogP contribution in [0.1, 0.15) is 37.2 Å². The van der Waals surface area contributed by atoms with Gasteiger partial charge >= 0.3 is 0 Å². The maximum Gasteiger partial charge on any atom is 0.122 e. The van der Waals surface area contributed by atoms with Crippen molar-refractivity contribution in [2.45, 2.75) is 36.4 Å². The van der Waals surface area contributed by atoms with Gasteiger partial charge in [-0.3, -0.25) is 0 Å². The summed E-state index contributed by atoms with van der Waals surface area (Å²) in [7, 11) is 3.44. The molecule has 3 heteroatoms. The highest BCUT2D eigenvalue weighted by Gasteiger charge is 2.27. The van der Waals surface area contributed by atoms with Crippen LogP contribution in [-0.2, 0) is 0 Å². The monoisotopic (exact) mass is 298 g/mol. The first-order valence-corrected chi connectivity index (χ1v) is 7.04. The van der Waals surface area contributed by atoms with Gasteiger partial charge in [0, 0.05) is 16.3 Å². The zero-order chi connectivity index (χ0) is 12.3. The second-order valence-corrected chi connectivity index (χ2v) is 5.69. The highest BCUT2D eigenvalue weighted by atomic mass is 79.9. The normalized spacial score (nSPS) is 24.4. The average molecular weight is 299 g/mol. The fraction of sp³-hybridized carbons (Fsp3) is 0.571. The summed E-state index contributed by atoms with van der Waals surface area (Å²) in [5.74, 6) is 2.42. The molecule has 2 rings (SSSR count). The Morgan fingerprint density at radius 2 is 1.88 bits per heavy atom. The molecule has 94 valence electrons. The van der Waals surface area contributed by atoms with Gasteiger partial charge in [-0.2, -0.15) is 0 Å². The zero-order valence-electron chi connectivity index (χ0n) is 10.4. The van der Waals surface area contributed by atoms with E-state index in [1.165, 1.54) is 31.2 Å². The summed E-state index contributed by atoms with van der Waals surface area (Å²) in [5.41, 5.74) is 1.27. The lowest BCUT2D eigenvalue weighted by molar-refractivity contribution is 0.383. The lowest BCUT2D eigenvalue weighted by Crippen LogP contribution is -2.18. The first-order chi connectivity index (χ1) is 8.26. The molecule has 0 radical (unpaired) electrons. The van der Waals surface area contributed by atoms with Crippen LogP contribution in [-0.4, -0.2) is 19.0 Å². The summed E-state index contributed by atoms with van der Waals surface area (Å²) < 4.78 is 10.8. The van der Waals surface area contributed by atoms with Gasteiger partial charge in [0.15, 0.2) is 0 Å². The lowest BCUT2D eigenvalue weighted by Gasteiger charge is -2.29. The number of alkyl halides is 1. The number of halogens is 1. The maximum atomic E-state index is 5.47. The van der Waals surface area contributed by atoms with Crippen molar-refractivity contribution in [2.24, 2.45) is 0 Å². The molecule has 0 aromatic heterocycles. The molecule has 2 unspecified atom stereocenters. The Bertz CT molecular complexity index is 378. The van der Waals surface area contributed by atoms with E-state index in [4.69, 9.17) is 9.47 Å². The lowest BCUT2D eigenvalue weighted by atomic mass is 9.83.